The van der Waals surface area contributed by atoms with Crippen LogP contribution in [0.25, 0.3) is 0 Å². The van der Waals surface area contributed by atoms with Crippen molar-refractivity contribution < 1.29 is 4.42 Å². The molecule has 1 aliphatic heterocycles. The summed E-state index contributed by atoms with van der Waals surface area (Å²) in [6, 6.07) is 5.25. The predicted octanol–water partition coefficient (Wildman–Crippen LogP) is 3.31. The van der Waals surface area contributed by atoms with E-state index in [1.807, 2.05) is 6.07 Å². The van der Waals surface area contributed by atoms with Crippen LogP contribution in [0.1, 0.15) is 46.3 Å². The third-order valence-corrected chi connectivity index (χ3v) is 5.54. The minimum absolute atomic E-state index is 0.308. The molecule has 1 saturated heterocycles. The molecule has 0 radical (unpaired) electrons. The number of furan rings is 1. The number of rotatable bonds is 5. The van der Waals surface area contributed by atoms with Crippen LogP contribution in [-0.2, 0) is 6.42 Å². The standard InChI is InChI=1S/C18H30N2O/c1-13(2)17-11-19-18(4,15-7-8-15)12-20(17)14(3)10-16-6-5-9-21-16/h5-6,9,13-15,17,19H,7-8,10-12H2,1-4H3. The predicted molar refractivity (Wildman–Crippen MR) is 86.3 cm³/mol. The van der Waals surface area contributed by atoms with E-state index < -0.39 is 0 Å². The maximum absolute atomic E-state index is 5.56. The Kier molecular flexibility index (Phi) is 4.15. The maximum Gasteiger partial charge on any atom is 0.105 e. The van der Waals surface area contributed by atoms with E-state index >= 15 is 0 Å². The fourth-order valence-electron chi connectivity index (χ4n) is 3.94. The molecular formula is C18H30N2O. The first-order chi connectivity index (χ1) is 9.99. The highest BCUT2D eigenvalue weighted by molar-refractivity contribution is 5.07. The lowest BCUT2D eigenvalue weighted by molar-refractivity contribution is 0.0223. The Morgan fingerprint density at radius 3 is 2.71 bits per heavy atom. The Bertz CT molecular complexity index is 452. The van der Waals surface area contributed by atoms with Crippen molar-refractivity contribution >= 4 is 0 Å². The molecule has 2 heterocycles. The number of nitrogens with zero attached hydrogens (tertiary/aromatic N) is 1. The fraction of sp³-hybridized carbons (Fsp3) is 0.778. The summed E-state index contributed by atoms with van der Waals surface area (Å²) in [4.78, 5) is 2.74. The van der Waals surface area contributed by atoms with Crippen LogP contribution < -0.4 is 5.32 Å². The molecule has 118 valence electrons. The zero-order valence-electron chi connectivity index (χ0n) is 13.9. The van der Waals surface area contributed by atoms with E-state index in [4.69, 9.17) is 4.42 Å². The molecule has 0 aromatic carbocycles. The van der Waals surface area contributed by atoms with E-state index in [0.717, 1.165) is 24.6 Å². The van der Waals surface area contributed by atoms with Gasteiger partial charge in [-0.1, -0.05) is 13.8 Å². The maximum atomic E-state index is 5.56. The second-order valence-electron chi connectivity index (χ2n) is 7.69. The summed E-state index contributed by atoms with van der Waals surface area (Å²) in [5.74, 6) is 2.67. The van der Waals surface area contributed by atoms with Crippen molar-refractivity contribution in [1.82, 2.24) is 10.2 Å². The third kappa shape index (κ3) is 3.19. The van der Waals surface area contributed by atoms with E-state index in [0.29, 0.717) is 23.5 Å². The first-order valence-corrected chi connectivity index (χ1v) is 8.53. The average Bonchev–Trinajstić information content (AvgIpc) is 3.19. The van der Waals surface area contributed by atoms with Crippen LogP contribution in [-0.4, -0.2) is 35.6 Å². The molecule has 1 saturated carbocycles. The van der Waals surface area contributed by atoms with Gasteiger partial charge < -0.3 is 9.73 Å². The molecule has 3 atom stereocenters. The Labute approximate surface area is 129 Å². The highest BCUT2D eigenvalue weighted by Crippen LogP contribution is 2.42. The zero-order chi connectivity index (χ0) is 15.0. The van der Waals surface area contributed by atoms with Gasteiger partial charge in [0.05, 0.1) is 6.26 Å². The summed E-state index contributed by atoms with van der Waals surface area (Å²) in [5, 5.41) is 3.87. The molecule has 1 N–H and O–H groups in total. The first kappa shape index (κ1) is 15.1. The molecular weight excluding hydrogens is 260 g/mol. The zero-order valence-corrected chi connectivity index (χ0v) is 13.9. The van der Waals surface area contributed by atoms with Gasteiger partial charge in [0.25, 0.3) is 0 Å². The smallest absolute Gasteiger partial charge is 0.105 e. The van der Waals surface area contributed by atoms with Gasteiger partial charge in [-0.25, -0.2) is 0 Å². The van der Waals surface area contributed by atoms with Crippen LogP contribution >= 0.6 is 0 Å². The van der Waals surface area contributed by atoms with E-state index in [1.165, 1.54) is 19.4 Å². The van der Waals surface area contributed by atoms with Crippen molar-refractivity contribution in [2.75, 3.05) is 13.1 Å². The molecule has 3 nitrogen and oxygen atoms in total. The quantitative estimate of drug-likeness (QED) is 0.902. The summed E-state index contributed by atoms with van der Waals surface area (Å²) < 4.78 is 5.56. The lowest BCUT2D eigenvalue weighted by atomic mass is 9.86. The third-order valence-electron chi connectivity index (χ3n) is 5.54. The van der Waals surface area contributed by atoms with Gasteiger partial charge in [0.2, 0.25) is 0 Å². The van der Waals surface area contributed by atoms with Crippen LogP contribution in [0.5, 0.6) is 0 Å². The summed E-state index contributed by atoms with van der Waals surface area (Å²) in [5.41, 5.74) is 0.308. The Morgan fingerprint density at radius 2 is 2.14 bits per heavy atom. The van der Waals surface area contributed by atoms with Gasteiger partial charge in [0.15, 0.2) is 0 Å². The lowest BCUT2D eigenvalue weighted by Crippen LogP contribution is -2.67. The number of hydrogen-bond acceptors (Lipinski definition) is 3. The van der Waals surface area contributed by atoms with Crippen molar-refractivity contribution in [3.05, 3.63) is 24.2 Å². The second-order valence-corrected chi connectivity index (χ2v) is 7.69. The van der Waals surface area contributed by atoms with Gasteiger partial charge in [0.1, 0.15) is 5.76 Å². The van der Waals surface area contributed by atoms with Gasteiger partial charge >= 0.3 is 0 Å². The van der Waals surface area contributed by atoms with Crippen molar-refractivity contribution in [1.29, 1.82) is 0 Å². The summed E-state index contributed by atoms with van der Waals surface area (Å²) in [6.07, 6.45) is 5.59. The minimum Gasteiger partial charge on any atom is -0.469 e. The highest BCUT2D eigenvalue weighted by atomic mass is 16.3. The lowest BCUT2D eigenvalue weighted by Gasteiger charge is -2.50. The molecule has 0 spiro atoms. The topological polar surface area (TPSA) is 28.4 Å². The molecule has 1 aliphatic carbocycles. The molecule has 3 rings (SSSR count). The number of nitrogens with one attached hydrogen (secondary N) is 1. The summed E-state index contributed by atoms with van der Waals surface area (Å²) in [6.45, 7) is 11.8. The highest BCUT2D eigenvalue weighted by Gasteiger charge is 2.47. The molecule has 3 heteroatoms. The van der Waals surface area contributed by atoms with Crippen LogP contribution in [0.4, 0.5) is 0 Å². The van der Waals surface area contributed by atoms with Gasteiger partial charge in [-0.3, -0.25) is 4.90 Å². The van der Waals surface area contributed by atoms with Crippen LogP contribution in [0.2, 0.25) is 0 Å². The van der Waals surface area contributed by atoms with Crippen molar-refractivity contribution in [2.24, 2.45) is 11.8 Å². The van der Waals surface area contributed by atoms with Crippen LogP contribution in [0, 0.1) is 11.8 Å². The molecule has 3 unspecified atom stereocenters. The van der Waals surface area contributed by atoms with E-state index in [-0.39, 0.29) is 0 Å². The summed E-state index contributed by atoms with van der Waals surface area (Å²) >= 11 is 0. The van der Waals surface area contributed by atoms with E-state index in [9.17, 15) is 0 Å². The Hall–Kier alpha value is -0.800. The SMILES string of the molecule is CC(C)C1CNC(C)(C2CC2)CN1C(C)Cc1ccco1. The summed E-state index contributed by atoms with van der Waals surface area (Å²) in [7, 11) is 0. The molecule has 0 amide bonds. The molecule has 21 heavy (non-hydrogen) atoms. The van der Waals surface area contributed by atoms with Gasteiger partial charge in [-0.15, -0.1) is 0 Å². The molecule has 2 aliphatic rings. The molecule has 2 fully saturated rings. The van der Waals surface area contributed by atoms with Gasteiger partial charge in [0, 0.05) is 37.1 Å². The van der Waals surface area contributed by atoms with Crippen molar-refractivity contribution in [3.8, 4) is 0 Å². The fourth-order valence-corrected chi connectivity index (χ4v) is 3.94. The largest absolute Gasteiger partial charge is 0.469 e. The average molecular weight is 290 g/mol. The normalized spacial score (nSPS) is 32.5. The van der Waals surface area contributed by atoms with E-state index in [1.54, 1.807) is 6.26 Å². The minimum atomic E-state index is 0.308. The Morgan fingerprint density at radius 1 is 1.38 bits per heavy atom. The van der Waals surface area contributed by atoms with Gasteiger partial charge in [-0.2, -0.15) is 0 Å². The van der Waals surface area contributed by atoms with Crippen molar-refractivity contribution in [2.45, 2.75) is 64.6 Å². The molecule has 1 aromatic heterocycles. The molecule has 1 aromatic rings. The van der Waals surface area contributed by atoms with Crippen LogP contribution in [0.3, 0.4) is 0 Å². The van der Waals surface area contributed by atoms with E-state index in [2.05, 4.69) is 44.0 Å². The second kappa shape index (κ2) is 5.77. The Balaban J connectivity index is 1.73. The van der Waals surface area contributed by atoms with Crippen LogP contribution in [0.15, 0.2) is 22.8 Å². The first-order valence-electron chi connectivity index (χ1n) is 8.53. The van der Waals surface area contributed by atoms with Crippen molar-refractivity contribution in [3.63, 3.8) is 0 Å². The molecule has 0 bridgehead atoms. The van der Waals surface area contributed by atoms with Gasteiger partial charge in [-0.05, 0) is 50.7 Å². The monoisotopic (exact) mass is 290 g/mol. The number of hydrogen-bond donors (Lipinski definition) is 1. The number of piperazine rings is 1.